The number of benzene rings is 1. The SMILES string of the molecule is CC(C)C(CCO)NC(=O)NCC(C)(C)c1ccccc1. The fourth-order valence-electron chi connectivity index (χ4n) is 2.22. The molecular weight excluding hydrogens is 264 g/mol. The molecular formula is C17H28N2O2. The lowest BCUT2D eigenvalue weighted by atomic mass is 9.85. The van der Waals surface area contributed by atoms with E-state index in [-0.39, 0.29) is 24.1 Å². The molecule has 21 heavy (non-hydrogen) atoms. The van der Waals surface area contributed by atoms with Gasteiger partial charge in [-0.1, -0.05) is 58.0 Å². The van der Waals surface area contributed by atoms with Crippen LogP contribution in [0, 0.1) is 5.92 Å². The average molecular weight is 292 g/mol. The number of amides is 2. The van der Waals surface area contributed by atoms with Crippen molar-refractivity contribution in [2.75, 3.05) is 13.2 Å². The Bertz CT molecular complexity index is 430. The van der Waals surface area contributed by atoms with E-state index in [2.05, 4.69) is 36.6 Å². The molecule has 1 atom stereocenters. The molecule has 1 unspecified atom stereocenters. The minimum absolute atomic E-state index is 0.00478. The van der Waals surface area contributed by atoms with E-state index in [9.17, 15) is 4.79 Å². The molecule has 4 heteroatoms. The minimum Gasteiger partial charge on any atom is -0.396 e. The Morgan fingerprint density at radius 1 is 1.24 bits per heavy atom. The molecule has 0 aromatic heterocycles. The number of hydrogen-bond acceptors (Lipinski definition) is 2. The van der Waals surface area contributed by atoms with E-state index >= 15 is 0 Å². The Kier molecular flexibility index (Phi) is 6.69. The van der Waals surface area contributed by atoms with E-state index in [0.29, 0.717) is 18.9 Å². The third-order valence-electron chi connectivity index (χ3n) is 3.81. The Hall–Kier alpha value is -1.55. The van der Waals surface area contributed by atoms with Gasteiger partial charge in [-0.2, -0.15) is 0 Å². The second-order valence-electron chi connectivity index (χ2n) is 6.44. The smallest absolute Gasteiger partial charge is 0.315 e. The summed E-state index contributed by atoms with van der Waals surface area (Å²) in [6, 6.07) is 9.97. The van der Waals surface area contributed by atoms with E-state index in [1.165, 1.54) is 5.56 Å². The molecule has 0 heterocycles. The number of rotatable bonds is 7. The van der Waals surface area contributed by atoms with Crippen molar-refractivity contribution < 1.29 is 9.90 Å². The average Bonchev–Trinajstić information content (AvgIpc) is 2.45. The fourth-order valence-corrected chi connectivity index (χ4v) is 2.22. The first-order valence-corrected chi connectivity index (χ1v) is 7.57. The van der Waals surface area contributed by atoms with Crippen molar-refractivity contribution in [3.63, 3.8) is 0 Å². The van der Waals surface area contributed by atoms with Crippen LogP contribution in [-0.4, -0.2) is 30.3 Å². The summed E-state index contributed by atoms with van der Waals surface area (Å²) < 4.78 is 0. The summed E-state index contributed by atoms with van der Waals surface area (Å²) in [6.45, 7) is 8.93. The monoisotopic (exact) mass is 292 g/mol. The predicted molar refractivity (Wildman–Crippen MR) is 86.3 cm³/mol. The summed E-state index contributed by atoms with van der Waals surface area (Å²) in [5.74, 6) is 0.296. The minimum atomic E-state index is -0.175. The van der Waals surface area contributed by atoms with Crippen LogP contribution in [0.2, 0.25) is 0 Å². The van der Waals surface area contributed by atoms with Crippen LogP contribution in [0.15, 0.2) is 30.3 Å². The molecule has 3 N–H and O–H groups in total. The third kappa shape index (κ3) is 5.76. The van der Waals surface area contributed by atoms with Gasteiger partial charge in [0.05, 0.1) is 0 Å². The van der Waals surface area contributed by atoms with Crippen molar-refractivity contribution in [1.29, 1.82) is 0 Å². The number of aliphatic hydroxyl groups excluding tert-OH is 1. The number of carbonyl (C=O) groups excluding carboxylic acids is 1. The largest absolute Gasteiger partial charge is 0.396 e. The molecule has 0 aliphatic rings. The molecule has 0 spiro atoms. The highest BCUT2D eigenvalue weighted by Crippen LogP contribution is 2.21. The van der Waals surface area contributed by atoms with Gasteiger partial charge >= 0.3 is 6.03 Å². The summed E-state index contributed by atoms with van der Waals surface area (Å²) in [4.78, 5) is 12.0. The lowest BCUT2D eigenvalue weighted by molar-refractivity contribution is 0.217. The van der Waals surface area contributed by atoms with Gasteiger partial charge in [-0.25, -0.2) is 4.79 Å². The number of carbonyl (C=O) groups is 1. The summed E-state index contributed by atoms with van der Waals surface area (Å²) in [5, 5.41) is 14.9. The lowest BCUT2D eigenvalue weighted by Crippen LogP contribution is -2.47. The topological polar surface area (TPSA) is 61.4 Å². The van der Waals surface area contributed by atoms with Crippen molar-refractivity contribution in [3.8, 4) is 0 Å². The zero-order valence-electron chi connectivity index (χ0n) is 13.5. The number of hydrogen-bond donors (Lipinski definition) is 3. The van der Waals surface area contributed by atoms with Crippen molar-refractivity contribution >= 4 is 6.03 Å². The Morgan fingerprint density at radius 3 is 2.38 bits per heavy atom. The van der Waals surface area contributed by atoms with E-state index in [1.54, 1.807) is 0 Å². The van der Waals surface area contributed by atoms with E-state index in [1.807, 2.05) is 32.0 Å². The van der Waals surface area contributed by atoms with Crippen LogP contribution in [0.5, 0.6) is 0 Å². The van der Waals surface area contributed by atoms with Crippen molar-refractivity contribution in [2.45, 2.75) is 45.6 Å². The highest BCUT2D eigenvalue weighted by molar-refractivity contribution is 5.74. The van der Waals surface area contributed by atoms with Gasteiger partial charge in [0.2, 0.25) is 0 Å². The maximum atomic E-state index is 12.0. The molecule has 0 saturated carbocycles. The molecule has 0 bridgehead atoms. The van der Waals surface area contributed by atoms with E-state index < -0.39 is 0 Å². The molecule has 4 nitrogen and oxygen atoms in total. The highest BCUT2D eigenvalue weighted by Gasteiger charge is 2.22. The van der Waals surface area contributed by atoms with Crippen molar-refractivity contribution in [3.05, 3.63) is 35.9 Å². The predicted octanol–water partition coefficient (Wildman–Crippen LogP) is 2.67. The zero-order valence-corrected chi connectivity index (χ0v) is 13.5. The number of nitrogens with one attached hydrogen (secondary N) is 2. The van der Waals surface area contributed by atoms with Crippen LogP contribution in [0.1, 0.15) is 39.7 Å². The van der Waals surface area contributed by atoms with Gasteiger partial charge in [0.1, 0.15) is 0 Å². The molecule has 1 rings (SSSR count). The molecule has 118 valence electrons. The molecule has 1 aromatic carbocycles. The molecule has 2 amide bonds. The van der Waals surface area contributed by atoms with Gasteiger partial charge in [0.15, 0.2) is 0 Å². The summed E-state index contributed by atoms with van der Waals surface area (Å²) in [7, 11) is 0. The zero-order chi connectivity index (χ0) is 15.9. The summed E-state index contributed by atoms with van der Waals surface area (Å²) in [5.41, 5.74) is 1.07. The normalized spacial score (nSPS) is 13.0. The standard InChI is InChI=1S/C17H28N2O2/c1-13(2)15(10-11-20)19-16(21)18-12-17(3,4)14-8-6-5-7-9-14/h5-9,13,15,20H,10-12H2,1-4H3,(H2,18,19,21). The van der Waals surface area contributed by atoms with Crippen LogP contribution >= 0.6 is 0 Å². The van der Waals surface area contributed by atoms with Crippen molar-refractivity contribution in [1.82, 2.24) is 10.6 Å². The molecule has 0 saturated heterocycles. The van der Waals surface area contributed by atoms with Crippen LogP contribution in [0.4, 0.5) is 4.79 Å². The van der Waals surface area contributed by atoms with Crippen LogP contribution in [-0.2, 0) is 5.41 Å². The maximum Gasteiger partial charge on any atom is 0.315 e. The molecule has 0 aliphatic carbocycles. The third-order valence-corrected chi connectivity index (χ3v) is 3.81. The second-order valence-corrected chi connectivity index (χ2v) is 6.44. The van der Waals surface area contributed by atoms with Crippen LogP contribution in [0.25, 0.3) is 0 Å². The van der Waals surface area contributed by atoms with Gasteiger partial charge in [0, 0.05) is 24.6 Å². The summed E-state index contributed by atoms with van der Waals surface area (Å²) >= 11 is 0. The number of aliphatic hydroxyl groups is 1. The van der Waals surface area contributed by atoms with Gasteiger partial charge in [0.25, 0.3) is 0 Å². The first kappa shape index (κ1) is 17.5. The van der Waals surface area contributed by atoms with Gasteiger partial charge < -0.3 is 15.7 Å². The van der Waals surface area contributed by atoms with Gasteiger partial charge in [-0.3, -0.25) is 0 Å². The Morgan fingerprint density at radius 2 is 1.86 bits per heavy atom. The Balaban J connectivity index is 2.52. The van der Waals surface area contributed by atoms with Crippen molar-refractivity contribution in [2.24, 2.45) is 5.92 Å². The fraction of sp³-hybridized carbons (Fsp3) is 0.588. The Labute approximate surface area is 128 Å². The molecule has 0 aliphatic heterocycles. The second kappa shape index (κ2) is 8.03. The molecule has 0 fully saturated rings. The van der Waals surface area contributed by atoms with E-state index in [4.69, 9.17) is 5.11 Å². The first-order valence-electron chi connectivity index (χ1n) is 7.57. The summed E-state index contributed by atoms with van der Waals surface area (Å²) in [6.07, 6.45) is 0.577. The first-order chi connectivity index (χ1) is 9.86. The van der Waals surface area contributed by atoms with Crippen LogP contribution in [0.3, 0.4) is 0 Å². The van der Waals surface area contributed by atoms with Crippen LogP contribution < -0.4 is 10.6 Å². The van der Waals surface area contributed by atoms with Gasteiger partial charge in [-0.05, 0) is 17.9 Å². The molecule has 1 aromatic rings. The maximum absolute atomic E-state index is 12.0. The van der Waals surface area contributed by atoms with Gasteiger partial charge in [-0.15, -0.1) is 0 Å². The lowest BCUT2D eigenvalue weighted by Gasteiger charge is -2.27. The molecule has 0 radical (unpaired) electrons. The quantitative estimate of drug-likeness (QED) is 0.723. The van der Waals surface area contributed by atoms with E-state index in [0.717, 1.165) is 0 Å². The highest BCUT2D eigenvalue weighted by atomic mass is 16.3. The number of urea groups is 1.